The van der Waals surface area contributed by atoms with Crippen molar-refractivity contribution in [2.75, 3.05) is 13.2 Å². The van der Waals surface area contributed by atoms with Gasteiger partial charge in [0.15, 0.2) is 0 Å². The molecule has 0 unspecified atom stereocenters. The molecule has 0 spiro atoms. The second kappa shape index (κ2) is 10.4. The Hall–Kier alpha value is -4.56. The first kappa shape index (κ1) is 23.8. The van der Waals surface area contributed by atoms with Gasteiger partial charge in [0.1, 0.15) is 11.5 Å². The SMILES string of the molecule is CCOc1ccc2cc(-c3ccccc3)ccc2c1-c1c(OCC)ccc2cc(-c3ccccc3)ccc12. The van der Waals surface area contributed by atoms with Gasteiger partial charge in [0.2, 0.25) is 0 Å². The molecule has 2 nitrogen and oxygen atoms in total. The van der Waals surface area contributed by atoms with Crippen LogP contribution in [0.1, 0.15) is 13.8 Å². The zero-order chi connectivity index (χ0) is 25.9. The Kier molecular flexibility index (Phi) is 6.54. The summed E-state index contributed by atoms with van der Waals surface area (Å²) >= 11 is 0. The van der Waals surface area contributed by atoms with Crippen LogP contribution in [0.4, 0.5) is 0 Å². The highest BCUT2D eigenvalue weighted by molar-refractivity contribution is 6.11. The van der Waals surface area contributed by atoms with Gasteiger partial charge in [0.25, 0.3) is 0 Å². The van der Waals surface area contributed by atoms with Gasteiger partial charge < -0.3 is 9.47 Å². The molecule has 0 N–H and O–H groups in total. The van der Waals surface area contributed by atoms with Crippen LogP contribution in [0.2, 0.25) is 0 Å². The zero-order valence-corrected chi connectivity index (χ0v) is 21.8. The first-order valence-electron chi connectivity index (χ1n) is 13.3. The fraction of sp³-hybridized carbons (Fsp3) is 0.111. The molecule has 6 aromatic rings. The quantitative estimate of drug-likeness (QED) is 0.220. The molecule has 0 aliphatic rings. The molecule has 0 saturated carbocycles. The molecule has 0 saturated heterocycles. The molecule has 2 heteroatoms. The van der Waals surface area contributed by atoms with E-state index < -0.39 is 0 Å². The number of rotatable bonds is 7. The van der Waals surface area contributed by atoms with Gasteiger partial charge in [-0.1, -0.05) is 97.1 Å². The van der Waals surface area contributed by atoms with Gasteiger partial charge in [-0.2, -0.15) is 0 Å². The van der Waals surface area contributed by atoms with E-state index in [0.29, 0.717) is 13.2 Å². The number of hydrogen-bond donors (Lipinski definition) is 0. The topological polar surface area (TPSA) is 18.5 Å². The van der Waals surface area contributed by atoms with Crippen LogP contribution in [0.3, 0.4) is 0 Å². The molecular weight excluding hydrogens is 464 g/mol. The minimum atomic E-state index is 0.591. The van der Waals surface area contributed by atoms with Crippen LogP contribution in [0.5, 0.6) is 11.5 Å². The summed E-state index contributed by atoms with van der Waals surface area (Å²) in [4.78, 5) is 0. The standard InChI is InChI=1S/C36H30O2/c1-3-37-33-21-17-29-23-27(25-11-7-5-8-12-25)15-19-31(29)35(33)36-32-20-16-28(26-13-9-6-10-14-26)24-30(32)18-22-34(36)38-4-2/h5-24H,3-4H2,1-2H3. The molecule has 0 bridgehead atoms. The van der Waals surface area contributed by atoms with Crippen LogP contribution in [0.25, 0.3) is 54.9 Å². The van der Waals surface area contributed by atoms with Crippen LogP contribution in [0, 0.1) is 0 Å². The van der Waals surface area contributed by atoms with Gasteiger partial charge in [0, 0.05) is 11.1 Å². The summed E-state index contributed by atoms with van der Waals surface area (Å²) in [5, 5.41) is 4.64. The molecule has 6 rings (SSSR count). The fourth-order valence-electron chi connectivity index (χ4n) is 5.31. The summed E-state index contributed by atoms with van der Waals surface area (Å²) in [6, 6.07) is 42.9. The van der Waals surface area contributed by atoms with Crippen molar-refractivity contribution in [1.29, 1.82) is 0 Å². The van der Waals surface area contributed by atoms with E-state index in [1.54, 1.807) is 0 Å². The smallest absolute Gasteiger partial charge is 0.127 e. The van der Waals surface area contributed by atoms with Crippen LogP contribution in [-0.4, -0.2) is 13.2 Å². The zero-order valence-electron chi connectivity index (χ0n) is 21.8. The molecule has 0 fully saturated rings. The molecule has 0 aromatic heterocycles. The van der Waals surface area contributed by atoms with Crippen molar-refractivity contribution in [2.24, 2.45) is 0 Å². The highest BCUT2D eigenvalue weighted by Gasteiger charge is 2.19. The Labute approximate surface area is 224 Å². The number of hydrogen-bond acceptors (Lipinski definition) is 2. The summed E-state index contributed by atoms with van der Waals surface area (Å²) in [6.07, 6.45) is 0. The maximum atomic E-state index is 6.23. The normalized spacial score (nSPS) is 11.1. The predicted octanol–water partition coefficient (Wildman–Crippen LogP) is 9.79. The van der Waals surface area contributed by atoms with Crippen molar-refractivity contribution in [3.63, 3.8) is 0 Å². The lowest BCUT2D eigenvalue weighted by Crippen LogP contribution is -1.99. The second-order valence-electron chi connectivity index (χ2n) is 9.35. The Morgan fingerprint density at radius 1 is 0.421 bits per heavy atom. The van der Waals surface area contributed by atoms with Gasteiger partial charge in [-0.25, -0.2) is 0 Å². The van der Waals surface area contributed by atoms with Crippen LogP contribution in [0.15, 0.2) is 121 Å². The lowest BCUT2D eigenvalue weighted by molar-refractivity contribution is 0.337. The number of ether oxygens (including phenoxy) is 2. The third kappa shape index (κ3) is 4.39. The minimum absolute atomic E-state index is 0.591. The highest BCUT2D eigenvalue weighted by Crippen LogP contribution is 2.46. The van der Waals surface area contributed by atoms with Gasteiger partial charge in [-0.3, -0.25) is 0 Å². The molecule has 186 valence electrons. The van der Waals surface area contributed by atoms with Crippen molar-refractivity contribution >= 4 is 21.5 Å². The predicted molar refractivity (Wildman–Crippen MR) is 160 cm³/mol. The molecule has 0 amide bonds. The van der Waals surface area contributed by atoms with Gasteiger partial charge in [-0.15, -0.1) is 0 Å². The summed E-state index contributed by atoms with van der Waals surface area (Å²) in [5.41, 5.74) is 6.96. The van der Waals surface area contributed by atoms with E-state index in [4.69, 9.17) is 9.47 Å². The maximum absolute atomic E-state index is 6.23. The van der Waals surface area contributed by atoms with Crippen LogP contribution >= 0.6 is 0 Å². The van der Waals surface area contributed by atoms with Gasteiger partial charge >= 0.3 is 0 Å². The molecule has 38 heavy (non-hydrogen) atoms. The summed E-state index contributed by atoms with van der Waals surface area (Å²) in [5.74, 6) is 1.74. The van der Waals surface area contributed by atoms with Crippen molar-refractivity contribution in [1.82, 2.24) is 0 Å². The third-order valence-corrected chi connectivity index (χ3v) is 7.03. The highest BCUT2D eigenvalue weighted by atomic mass is 16.5. The van der Waals surface area contributed by atoms with E-state index >= 15 is 0 Å². The number of benzene rings is 6. The van der Waals surface area contributed by atoms with E-state index in [-0.39, 0.29) is 0 Å². The Morgan fingerprint density at radius 2 is 0.842 bits per heavy atom. The molecule has 6 aromatic carbocycles. The van der Waals surface area contributed by atoms with E-state index in [0.717, 1.165) is 33.4 Å². The maximum Gasteiger partial charge on any atom is 0.127 e. The summed E-state index contributed by atoms with van der Waals surface area (Å²) in [7, 11) is 0. The fourth-order valence-corrected chi connectivity index (χ4v) is 5.31. The Balaban J connectivity index is 1.62. The minimum Gasteiger partial charge on any atom is -0.493 e. The van der Waals surface area contributed by atoms with Gasteiger partial charge in [0.05, 0.1) is 13.2 Å². The van der Waals surface area contributed by atoms with Crippen molar-refractivity contribution in [3.8, 4) is 44.9 Å². The van der Waals surface area contributed by atoms with Gasteiger partial charge in [-0.05, 0) is 81.9 Å². The Morgan fingerprint density at radius 3 is 1.24 bits per heavy atom. The van der Waals surface area contributed by atoms with E-state index in [2.05, 4.69) is 121 Å². The largest absolute Gasteiger partial charge is 0.493 e. The first-order chi connectivity index (χ1) is 18.8. The van der Waals surface area contributed by atoms with Crippen molar-refractivity contribution < 1.29 is 9.47 Å². The average Bonchev–Trinajstić information content (AvgIpc) is 2.98. The lowest BCUT2D eigenvalue weighted by Gasteiger charge is -2.20. The van der Waals surface area contributed by atoms with Crippen LogP contribution in [-0.2, 0) is 0 Å². The first-order valence-corrected chi connectivity index (χ1v) is 13.3. The molecule has 0 radical (unpaired) electrons. The average molecular weight is 495 g/mol. The molecular formula is C36H30O2. The van der Waals surface area contributed by atoms with Crippen molar-refractivity contribution in [3.05, 3.63) is 121 Å². The summed E-state index contributed by atoms with van der Waals surface area (Å²) in [6.45, 7) is 5.25. The Bertz CT molecular complexity index is 1590. The number of fused-ring (bicyclic) bond motifs is 2. The molecule has 0 atom stereocenters. The van der Waals surface area contributed by atoms with Crippen molar-refractivity contribution in [2.45, 2.75) is 13.8 Å². The lowest BCUT2D eigenvalue weighted by atomic mass is 9.90. The van der Waals surface area contributed by atoms with E-state index in [1.807, 2.05) is 13.8 Å². The van der Waals surface area contributed by atoms with E-state index in [9.17, 15) is 0 Å². The third-order valence-electron chi connectivity index (χ3n) is 7.03. The second-order valence-corrected chi connectivity index (χ2v) is 9.35. The monoisotopic (exact) mass is 494 g/mol. The van der Waals surface area contributed by atoms with Crippen LogP contribution < -0.4 is 9.47 Å². The molecule has 0 aliphatic heterocycles. The summed E-state index contributed by atoms with van der Waals surface area (Å²) < 4.78 is 12.5. The molecule has 0 heterocycles. The van der Waals surface area contributed by atoms with E-state index in [1.165, 1.54) is 33.0 Å². The molecule has 0 aliphatic carbocycles.